The monoisotopic (exact) mass is 267 g/mol. The number of pyridine rings is 1. The van der Waals surface area contributed by atoms with Gasteiger partial charge in [-0.25, -0.2) is 4.98 Å². The van der Waals surface area contributed by atoms with E-state index in [0.717, 1.165) is 11.3 Å². The number of nitrogens with two attached hydrogens (primary N) is 1. The fourth-order valence-electron chi connectivity index (χ4n) is 2.00. The van der Waals surface area contributed by atoms with Crippen LogP contribution in [0, 0.1) is 0 Å². The highest BCUT2D eigenvalue weighted by molar-refractivity contribution is 5.95. The second kappa shape index (κ2) is 5.05. The van der Waals surface area contributed by atoms with Crippen molar-refractivity contribution in [1.29, 1.82) is 0 Å². The average molecular weight is 267 g/mol. The zero-order chi connectivity index (χ0) is 13.9. The van der Waals surface area contributed by atoms with E-state index in [2.05, 4.69) is 4.98 Å². The molecule has 3 rings (SSSR count). The number of benzene rings is 1. The number of carbonyl (C=O) groups excluding carboxylic acids is 1. The second-order valence-corrected chi connectivity index (χ2v) is 4.35. The van der Waals surface area contributed by atoms with Gasteiger partial charge < -0.3 is 14.9 Å². The van der Waals surface area contributed by atoms with Gasteiger partial charge in [0.2, 0.25) is 0 Å². The van der Waals surface area contributed by atoms with Crippen LogP contribution in [0.15, 0.2) is 54.9 Å². The number of hydrogen-bond acceptors (Lipinski definition) is 3. The van der Waals surface area contributed by atoms with Crippen molar-refractivity contribution < 1.29 is 9.53 Å². The lowest BCUT2D eigenvalue weighted by molar-refractivity contribution is 0.0996. The van der Waals surface area contributed by atoms with Crippen LogP contribution in [0.25, 0.3) is 5.65 Å². The van der Waals surface area contributed by atoms with E-state index in [4.69, 9.17) is 10.5 Å². The Hall–Kier alpha value is -2.82. The van der Waals surface area contributed by atoms with Crippen LogP contribution in [-0.4, -0.2) is 15.3 Å². The maximum atomic E-state index is 11.3. The number of primary amides is 1. The van der Waals surface area contributed by atoms with E-state index in [1.54, 1.807) is 24.3 Å². The standard InChI is InChI=1S/C15H13N3O2/c16-15(19)12-5-1-2-6-13(12)20-10-11-9-18-8-4-3-7-14(18)17-11/h1-9H,10H2,(H2,16,19). The molecule has 0 unspecified atom stereocenters. The Kier molecular flexibility index (Phi) is 3.09. The third kappa shape index (κ3) is 2.33. The van der Waals surface area contributed by atoms with Gasteiger partial charge in [0.05, 0.1) is 11.3 Å². The first-order valence-electron chi connectivity index (χ1n) is 6.18. The number of hydrogen-bond donors (Lipinski definition) is 1. The Labute approximate surface area is 115 Å². The summed E-state index contributed by atoms with van der Waals surface area (Å²) in [4.78, 5) is 15.7. The molecular weight excluding hydrogens is 254 g/mol. The van der Waals surface area contributed by atoms with Gasteiger partial charge in [-0.15, -0.1) is 0 Å². The van der Waals surface area contributed by atoms with Crippen molar-refractivity contribution in [2.75, 3.05) is 0 Å². The van der Waals surface area contributed by atoms with Crippen LogP contribution in [0.4, 0.5) is 0 Å². The number of carbonyl (C=O) groups is 1. The zero-order valence-corrected chi connectivity index (χ0v) is 10.7. The van der Waals surface area contributed by atoms with Gasteiger partial charge in [0.1, 0.15) is 18.0 Å². The first kappa shape index (κ1) is 12.2. The zero-order valence-electron chi connectivity index (χ0n) is 10.7. The van der Waals surface area contributed by atoms with E-state index < -0.39 is 5.91 Å². The Balaban J connectivity index is 1.81. The molecule has 5 heteroatoms. The van der Waals surface area contributed by atoms with Gasteiger partial charge in [0.25, 0.3) is 5.91 Å². The van der Waals surface area contributed by atoms with Crippen LogP contribution in [0.3, 0.4) is 0 Å². The molecular formula is C15H13N3O2. The maximum absolute atomic E-state index is 11.3. The van der Waals surface area contributed by atoms with Crippen LogP contribution in [0.5, 0.6) is 5.75 Å². The molecule has 2 N–H and O–H groups in total. The quantitative estimate of drug-likeness (QED) is 0.786. The minimum Gasteiger partial charge on any atom is -0.486 e. The molecule has 0 aliphatic heterocycles. The van der Waals surface area contributed by atoms with Gasteiger partial charge in [-0.1, -0.05) is 18.2 Å². The van der Waals surface area contributed by atoms with Crippen molar-refractivity contribution in [2.45, 2.75) is 6.61 Å². The summed E-state index contributed by atoms with van der Waals surface area (Å²) in [7, 11) is 0. The van der Waals surface area contributed by atoms with Crippen LogP contribution < -0.4 is 10.5 Å². The molecule has 1 aromatic carbocycles. The highest BCUT2D eigenvalue weighted by Crippen LogP contribution is 2.18. The fraction of sp³-hybridized carbons (Fsp3) is 0.0667. The lowest BCUT2D eigenvalue weighted by Gasteiger charge is -2.07. The van der Waals surface area contributed by atoms with Gasteiger partial charge in [-0.2, -0.15) is 0 Å². The van der Waals surface area contributed by atoms with Gasteiger partial charge in [0.15, 0.2) is 0 Å². The molecule has 0 atom stereocenters. The Morgan fingerprint density at radius 3 is 2.80 bits per heavy atom. The van der Waals surface area contributed by atoms with Gasteiger partial charge in [0, 0.05) is 12.4 Å². The summed E-state index contributed by atoms with van der Waals surface area (Å²) in [6.07, 6.45) is 3.81. The van der Waals surface area contributed by atoms with Gasteiger partial charge in [-0.05, 0) is 24.3 Å². The minimum atomic E-state index is -0.504. The smallest absolute Gasteiger partial charge is 0.252 e. The summed E-state index contributed by atoms with van der Waals surface area (Å²) in [6.45, 7) is 0.284. The molecule has 0 spiro atoms. The Morgan fingerprint density at radius 1 is 1.20 bits per heavy atom. The third-order valence-corrected chi connectivity index (χ3v) is 2.94. The fourth-order valence-corrected chi connectivity index (χ4v) is 2.00. The van der Waals surface area contributed by atoms with Crippen molar-refractivity contribution >= 4 is 11.6 Å². The first-order valence-corrected chi connectivity index (χ1v) is 6.18. The third-order valence-electron chi connectivity index (χ3n) is 2.94. The minimum absolute atomic E-state index is 0.284. The van der Waals surface area contributed by atoms with E-state index in [-0.39, 0.29) is 6.61 Å². The molecule has 0 bridgehead atoms. The van der Waals surface area contributed by atoms with E-state index in [1.807, 2.05) is 35.0 Å². The highest BCUT2D eigenvalue weighted by Gasteiger charge is 2.09. The maximum Gasteiger partial charge on any atom is 0.252 e. The summed E-state index contributed by atoms with van der Waals surface area (Å²) in [5.74, 6) is -0.0346. The summed E-state index contributed by atoms with van der Waals surface area (Å²) in [5, 5.41) is 0. The Bertz CT molecular complexity index is 731. The molecule has 0 fully saturated rings. The molecule has 0 saturated heterocycles. The van der Waals surface area contributed by atoms with Crippen molar-refractivity contribution in [3.8, 4) is 5.75 Å². The van der Waals surface area contributed by atoms with Crippen LogP contribution >= 0.6 is 0 Å². The average Bonchev–Trinajstić information content (AvgIpc) is 2.88. The number of aromatic nitrogens is 2. The summed E-state index contributed by atoms with van der Waals surface area (Å²) in [6, 6.07) is 12.7. The lowest BCUT2D eigenvalue weighted by Crippen LogP contribution is -2.12. The van der Waals surface area contributed by atoms with E-state index >= 15 is 0 Å². The van der Waals surface area contributed by atoms with Crippen LogP contribution in [0.2, 0.25) is 0 Å². The Morgan fingerprint density at radius 2 is 2.00 bits per heavy atom. The molecule has 1 amide bonds. The topological polar surface area (TPSA) is 69.6 Å². The molecule has 5 nitrogen and oxygen atoms in total. The van der Waals surface area contributed by atoms with Crippen LogP contribution in [0.1, 0.15) is 16.1 Å². The van der Waals surface area contributed by atoms with Gasteiger partial charge >= 0.3 is 0 Å². The molecule has 100 valence electrons. The van der Waals surface area contributed by atoms with E-state index in [0.29, 0.717) is 11.3 Å². The van der Waals surface area contributed by atoms with Crippen molar-refractivity contribution in [3.63, 3.8) is 0 Å². The molecule has 0 aliphatic rings. The molecule has 0 radical (unpaired) electrons. The van der Waals surface area contributed by atoms with Gasteiger partial charge in [-0.3, -0.25) is 4.79 Å². The highest BCUT2D eigenvalue weighted by atomic mass is 16.5. The second-order valence-electron chi connectivity index (χ2n) is 4.35. The number of amides is 1. The normalized spacial score (nSPS) is 10.6. The van der Waals surface area contributed by atoms with Crippen molar-refractivity contribution in [1.82, 2.24) is 9.38 Å². The number of nitrogens with zero attached hydrogens (tertiary/aromatic N) is 2. The number of fused-ring (bicyclic) bond motifs is 1. The van der Waals surface area contributed by atoms with Crippen molar-refractivity contribution in [2.24, 2.45) is 5.73 Å². The largest absolute Gasteiger partial charge is 0.486 e. The van der Waals surface area contributed by atoms with Crippen molar-refractivity contribution in [3.05, 3.63) is 66.1 Å². The van der Waals surface area contributed by atoms with E-state index in [9.17, 15) is 4.79 Å². The molecule has 2 heterocycles. The molecule has 20 heavy (non-hydrogen) atoms. The van der Waals surface area contributed by atoms with Crippen LogP contribution in [-0.2, 0) is 6.61 Å². The number of imidazole rings is 1. The molecule has 0 aliphatic carbocycles. The predicted molar refractivity (Wildman–Crippen MR) is 74.5 cm³/mol. The number of rotatable bonds is 4. The summed E-state index contributed by atoms with van der Waals surface area (Å²) >= 11 is 0. The molecule has 0 saturated carbocycles. The molecule has 3 aromatic rings. The number of para-hydroxylation sites is 1. The summed E-state index contributed by atoms with van der Waals surface area (Å²) < 4.78 is 7.55. The first-order chi connectivity index (χ1) is 9.74. The molecule has 2 aromatic heterocycles. The SMILES string of the molecule is NC(=O)c1ccccc1OCc1cn2ccccc2n1. The number of ether oxygens (including phenoxy) is 1. The van der Waals surface area contributed by atoms with E-state index in [1.165, 1.54) is 0 Å². The lowest BCUT2D eigenvalue weighted by atomic mass is 10.2. The predicted octanol–water partition coefficient (Wildman–Crippen LogP) is 2.01. The summed E-state index contributed by atoms with van der Waals surface area (Å²) in [5.41, 5.74) is 7.32.